The van der Waals surface area contributed by atoms with Crippen LogP contribution in [0.25, 0.3) is 10.9 Å². The molecule has 1 unspecified atom stereocenters. The molecule has 1 aromatic heterocycles. The summed E-state index contributed by atoms with van der Waals surface area (Å²) in [6.07, 6.45) is 0.812. The fourth-order valence-corrected chi connectivity index (χ4v) is 3.82. The van der Waals surface area contributed by atoms with Gasteiger partial charge in [0.05, 0.1) is 5.52 Å². The molecule has 1 aromatic carbocycles. The number of rotatable bonds is 3. The van der Waals surface area contributed by atoms with Crippen molar-refractivity contribution in [1.29, 1.82) is 0 Å². The Labute approximate surface area is 127 Å². The summed E-state index contributed by atoms with van der Waals surface area (Å²) >= 11 is 0. The van der Waals surface area contributed by atoms with Gasteiger partial charge in [0, 0.05) is 46.8 Å². The molecule has 2 N–H and O–H groups in total. The number of anilines is 1. The highest BCUT2D eigenvalue weighted by Gasteiger charge is 2.20. The van der Waals surface area contributed by atoms with Crippen LogP contribution in [0.3, 0.4) is 0 Å². The Kier molecular flexibility index (Phi) is 4.22. The molecule has 0 spiro atoms. The van der Waals surface area contributed by atoms with Crippen molar-refractivity contribution in [2.24, 2.45) is 5.73 Å². The van der Waals surface area contributed by atoms with E-state index < -0.39 is 10.8 Å². The second kappa shape index (κ2) is 6.12. The lowest BCUT2D eigenvalue weighted by atomic mass is 10.0. The van der Waals surface area contributed by atoms with Gasteiger partial charge in [-0.3, -0.25) is 4.21 Å². The van der Waals surface area contributed by atoms with E-state index in [0.29, 0.717) is 0 Å². The Morgan fingerprint density at radius 2 is 2.05 bits per heavy atom. The molecule has 0 aliphatic carbocycles. The quantitative estimate of drug-likeness (QED) is 0.937. The summed E-state index contributed by atoms with van der Waals surface area (Å²) < 4.78 is 11.6. The lowest BCUT2D eigenvalue weighted by Gasteiger charge is -2.29. The van der Waals surface area contributed by atoms with Crippen molar-refractivity contribution in [3.8, 4) is 0 Å². The third-order valence-corrected chi connectivity index (χ3v) is 5.08. The maximum atomic E-state index is 11.6. The van der Waals surface area contributed by atoms with Crippen LogP contribution in [0.5, 0.6) is 0 Å². The first kappa shape index (κ1) is 14.5. The molecule has 1 fully saturated rings. The predicted octanol–water partition coefficient (Wildman–Crippen LogP) is 1.69. The van der Waals surface area contributed by atoms with Gasteiger partial charge in [0.15, 0.2) is 0 Å². The van der Waals surface area contributed by atoms with Crippen molar-refractivity contribution in [3.05, 3.63) is 35.9 Å². The largest absolute Gasteiger partial charge is 0.355 e. The van der Waals surface area contributed by atoms with E-state index in [2.05, 4.69) is 17.0 Å². The van der Waals surface area contributed by atoms with Gasteiger partial charge in [-0.05, 0) is 31.0 Å². The fraction of sp³-hybridized carbons (Fsp3) is 0.438. The van der Waals surface area contributed by atoms with E-state index in [9.17, 15) is 4.21 Å². The molecule has 1 atom stereocenters. The summed E-state index contributed by atoms with van der Waals surface area (Å²) in [4.78, 5) is 7.10. The third-order valence-electron chi connectivity index (χ3n) is 3.80. The topological polar surface area (TPSA) is 59.2 Å². The van der Waals surface area contributed by atoms with E-state index in [0.717, 1.165) is 47.7 Å². The zero-order chi connectivity index (χ0) is 14.8. The Morgan fingerprint density at radius 1 is 1.33 bits per heavy atom. The number of hydrogen-bond donors (Lipinski definition) is 1. The van der Waals surface area contributed by atoms with Crippen molar-refractivity contribution in [2.45, 2.75) is 19.4 Å². The monoisotopic (exact) mass is 303 g/mol. The molecule has 1 aliphatic rings. The molecule has 3 rings (SSSR count). The van der Waals surface area contributed by atoms with Gasteiger partial charge in [0.25, 0.3) is 0 Å². The molecular weight excluding hydrogens is 282 g/mol. The van der Waals surface area contributed by atoms with Gasteiger partial charge >= 0.3 is 0 Å². The van der Waals surface area contributed by atoms with Crippen molar-refractivity contribution in [2.75, 3.05) is 29.5 Å². The number of nitrogens with two attached hydrogens (primary N) is 1. The zero-order valence-electron chi connectivity index (χ0n) is 12.3. The maximum absolute atomic E-state index is 11.6. The molecular formula is C16H21N3OS. The highest BCUT2D eigenvalue weighted by atomic mass is 32.2. The van der Waals surface area contributed by atoms with Gasteiger partial charge in [0.2, 0.25) is 0 Å². The van der Waals surface area contributed by atoms with Crippen LogP contribution >= 0.6 is 0 Å². The summed E-state index contributed by atoms with van der Waals surface area (Å²) in [5, 5.41) is 1.15. The Balaban J connectivity index is 2.03. The van der Waals surface area contributed by atoms with E-state index in [1.54, 1.807) is 0 Å². The number of hydrogen-bond acceptors (Lipinski definition) is 4. The van der Waals surface area contributed by atoms with Crippen LogP contribution in [0.2, 0.25) is 0 Å². The SMILES string of the molecule is CC(N)Cc1cc2ccccc2nc1N1CCS(=O)CC1. The molecule has 2 heterocycles. The summed E-state index contributed by atoms with van der Waals surface area (Å²) in [6, 6.07) is 10.5. The summed E-state index contributed by atoms with van der Waals surface area (Å²) in [5.74, 6) is 2.47. The van der Waals surface area contributed by atoms with Crippen LogP contribution in [0, 0.1) is 0 Å². The van der Waals surface area contributed by atoms with Crippen molar-refractivity contribution < 1.29 is 4.21 Å². The van der Waals surface area contributed by atoms with Crippen LogP contribution in [0.15, 0.2) is 30.3 Å². The van der Waals surface area contributed by atoms with Crippen molar-refractivity contribution in [1.82, 2.24) is 4.98 Å². The maximum Gasteiger partial charge on any atom is 0.132 e. The second-order valence-corrected chi connectivity index (χ2v) is 7.38. The molecule has 1 saturated heterocycles. The van der Waals surface area contributed by atoms with Crippen LogP contribution in [-0.2, 0) is 17.2 Å². The first-order valence-electron chi connectivity index (χ1n) is 7.37. The molecule has 4 nitrogen and oxygen atoms in total. The number of benzene rings is 1. The molecule has 0 radical (unpaired) electrons. The van der Waals surface area contributed by atoms with Gasteiger partial charge in [-0.15, -0.1) is 0 Å². The molecule has 5 heteroatoms. The Hall–Kier alpha value is -1.46. The number of pyridine rings is 1. The number of aromatic nitrogens is 1. The molecule has 0 bridgehead atoms. The fourth-order valence-electron chi connectivity index (χ4n) is 2.77. The van der Waals surface area contributed by atoms with Crippen LogP contribution in [0.1, 0.15) is 12.5 Å². The first-order chi connectivity index (χ1) is 10.1. The third kappa shape index (κ3) is 3.24. The first-order valence-corrected chi connectivity index (χ1v) is 8.86. The van der Waals surface area contributed by atoms with Gasteiger partial charge in [-0.25, -0.2) is 4.98 Å². The number of para-hydroxylation sites is 1. The van der Waals surface area contributed by atoms with E-state index in [1.165, 1.54) is 5.56 Å². The van der Waals surface area contributed by atoms with Gasteiger partial charge in [0.1, 0.15) is 5.82 Å². The molecule has 0 saturated carbocycles. The van der Waals surface area contributed by atoms with Crippen LogP contribution < -0.4 is 10.6 Å². The molecule has 21 heavy (non-hydrogen) atoms. The normalized spacial score (nSPS) is 18.1. The molecule has 0 amide bonds. The molecule has 2 aromatic rings. The standard InChI is InChI=1S/C16H21N3OS/c1-12(17)10-14-11-13-4-2-3-5-15(13)18-16(14)19-6-8-21(20)9-7-19/h2-5,11-12H,6-10,17H2,1H3. The van der Waals surface area contributed by atoms with Crippen LogP contribution in [0.4, 0.5) is 5.82 Å². The number of nitrogens with zero attached hydrogens (tertiary/aromatic N) is 2. The van der Waals surface area contributed by atoms with E-state index in [1.807, 2.05) is 25.1 Å². The minimum Gasteiger partial charge on any atom is -0.355 e. The Morgan fingerprint density at radius 3 is 2.76 bits per heavy atom. The molecule has 1 aliphatic heterocycles. The minimum atomic E-state index is -0.673. The van der Waals surface area contributed by atoms with E-state index in [-0.39, 0.29) is 6.04 Å². The van der Waals surface area contributed by atoms with E-state index >= 15 is 0 Å². The highest BCUT2D eigenvalue weighted by Crippen LogP contribution is 2.25. The lowest BCUT2D eigenvalue weighted by molar-refractivity contribution is 0.671. The number of fused-ring (bicyclic) bond motifs is 1. The van der Waals surface area contributed by atoms with Crippen molar-refractivity contribution in [3.63, 3.8) is 0 Å². The van der Waals surface area contributed by atoms with E-state index in [4.69, 9.17) is 10.7 Å². The summed E-state index contributed by atoms with van der Waals surface area (Å²) in [7, 11) is -0.673. The summed E-state index contributed by atoms with van der Waals surface area (Å²) in [5.41, 5.74) is 8.19. The zero-order valence-corrected chi connectivity index (χ0v) is 13.1. The van der Waals surface area contributed by atoms with Crippen molar-refractivity contribution >= 4 is 27.5 Å². The smallest absolute Gasteiger partial charge is 0.132 e. The Bertz CT molecular complexity index is 662. The van der Waals surface area contributed by atoms with Crippen LogP contribution in [-0.4, -0.2) is 39.8 Å². The highest BCUT2D eigenvalue weighted by molar-refractivity contribution is 7.85. The molecule has 112 valence electrons. The lowest BCUT2D eigenvalue weighted by Crippen LogP contribution is -2.39. The second-order valence-electron chi connectivity index (χ2n) is 5.68. The van der Waals surface area contributed by atoms with Gasteiger partial charge in [-0.1, -0.05) is 18.2 Å². The average molecular weight is 303 g/mol. The van der Waals surface area contributed by atoms with Gasteiger partial charge in [-0.2, -0.15) is 0 Å². The average Bonchev–Trinajstić information content (AvgIpc) is 2.47. The van der Waals surface area contributed by atoms with Gasteiger partial charge < -0.3 is 10.6 Å². The summed E-state index contributed by atoms with van der Waals surface area (Å²) in [6.45, 7) is 3.64. The minimum absolute atomic E-state index is 0.102. The predicted molar refractivity (Wildman–Crippen MR) is 89.2 cm³/mol.